The summed E-state index contributed by atoms with van der Waals surface area (Å²) in [7, 11) is 0. The summed E-state index contributed by atoms with van der Waals surface area (Å²) in [6, 6.07) is 0.427. The molecule has 4 nitrogen and oxygen atoms in total. The minimum atomic E-state index is -0.0129. The standard InChI is InChI=1S/C16H32N2O2/c1-3-5-13(6-4-2)15(18-17)14-7-9-20-16(11-14)8-10-19-12-16/h13-15,18H,3-12,17H2,1-2H3. The highest BCUT2D eigenvalue weighted by molar-refractivity contribution is 4.94. The van der Waals surface area contributed by atoms with Crippen LogP contribution in [-0.2, 0) is 9.47 Å². The summed E-state index contributed by atoms with van der Waals surface area (Å²) in [5, 5.41) is 0. The maximum atomic E-state index is 6.06. The first-order valence-corrected chi connectivity index (χ1v) is 8.42. The number of hydrogen-bond donors (Lipinski definition) is 2. The average molecular weight is 284 g/mol. The Balaban J connectivity index is 2.01. The molecule has 0 bridgehead atoms. The summed E-state index contributed by atoms with van der Waals surface area (Å²) in [5.41, 5.74) is 3.14. The molecule has 118 valence electrons. The maximum Gasteiger partial charge on any atom is 0.0939 e. The summed E-state index contributed by atoms with van der Waals surface area (Å²) in [4.78, 5) is 0. The maximum absolute atomic E-state index is 6.06. The van der Waals surface area contributed by atoms with E-state index in [-0.39, 0.29) is 5.60 Å². The van der Waals surface area contributed by atoms with Crippen molar-refractivity contribution >= 4 is 0 Å². The van der Waals surface area contributed by atoms with Crippen LogP contribution in [0.5, 0.6) is 0 Å². The normalized spacial score (nSPS) is 32.1. The van der Waals surface area contributed by atoms with Gasteiger partial charge < -0.3 is 9.47 Å². The van der Waals surface area contributed by atoms with Crippen LogP contribution < -0.4 is 11.3 Å². The summed E-state index contributed by atoms with van der Waals surface area (Å²) in [5.74, 6) is 7.25. The quantitative estimate of drug-likeness (QED) is 0.557. The zero-order valence-corrected chi connectivity index (χ0v) is 13.2. The lowest BCUT2D eigenvalue weighted by atomic mass is 9.75. The van der Waals surface area contributed by atoms with Gasteiger partial charge in [-0.05, 0) is 37.5 Å². The zero-order valence-electron chi connectivity index (χ0n) is 13.2. The molecule has 1 spiro atoms. The Bertz CT molecular complexity index is 274. The Morgan fingerprint density at radius 2 is 2.00 bits per heavy atom. The van der Waals surface area contributed by atoms with Crippen molar-refractivity contribution in [3.63, 3.8) is 0 Å². The van der Waals surface area contributed by atoms with Crippen LogP contribution in [0.15, 0.2) is 0 Å². The third-order valence-corrected chi connectivity index (χ3v) is 5.13. The van der Waals surface area contributed by atoms with E-state index in [0.29, 0.717) is 17.9 Å². The van der Waals surface area contributed by atoms with Gasteiger partial charge in [0, 0.05) is 25.7 Å². The van der Waals surface area contributed by atoms with Crippen LogP contribution in [0.3, 0.4) is 0 Å². The Morgan fingerprint density at radius 1 is 1.25 bits per heavy atom. The number of nitrogens with one attached hydrogen (secondary N) is 1. The molecule has 0 aromatic carbocycles. The fraction of sp³-hybridized carbons (Fsp3) is 1.00. The van der Waals surface area contributed by atoms with Crippen LogP contribution >= 0.6 is 0 Å². The van der Waals surface area contributed by atoms with Crippen molar-refractivity contribution in [3.05, 3.63) is 0 Å². The monoisotopic (exact) mass is 284 g/mol. The van der Waals surface area contributed by atoms with Gasteiger partial charge in [-0.1, -0.05) is 26.7 Å². The van der Waals surface area contributed by atoms with Crippen molar-refractivity contribution in [2.45, 2.75) is 70.4 Å². The molecule has 0 amide bonds. The smallest absolute Gasteiger partial charge is 0.0939 e. The molecule has 0 aliphatic carbocycles. The van der Waals surface area contributed by atoms with E-state index in [1.54, 1.807) is 0 Å². The highest BCUT2D eigenvalue weighted by atomic mass is 16.6. The van der Waals surface area contributed by atoms with Crippen LogP contribution in [0.2, 0.25) is 0 Å². The fourth-order valence-corrected chi connectivity index (χ4v) is 4.14. The molecule has 0 saturated carbocycles. The van der Waals surface area contributed by atoms with Gasteiger partial charge in [0.2, 0.25) is 0 Å². The molecule has 0 radical (unpaired) electrons. The molecule has 0 aromatic rings. The lowest BCUT2D eigenvalue weighted by molar-refractivity contribution is -0.106. The van der Waals surface area contributed by atoms with E-state index >= 15 is 0 Å². The van der Waals surface area contributed by atoms with E-state index in [2.05, 4.69) is 19.3 Å². The van der Waals surface area contributed by atoms with Gasteiger partial charge in [-0.3, -0.25) is 11.3 Å². The third-order valence-electron chi connectivity index (χ3n) is 5.13. The number of ether oxygens (including phenoxy) is 2. The SMILES string of the molecule is CCCC(CCC)C(NN)C1CCOC2(CCOC2)C1. The number of hydrogen-bond acceptors (Lipinski definition) is 4. The first-order chi connectivity index (χ1) is 9.74. The summed E-state index contributed by atoms with van der Waals surface area (Å²) < 4.78 is 11.6. The van der Waals surface area contributed by atoms with Gasteiger partial charge >= 0.3 is 0 Å². The lowest BCUT2D eigenvalue weighted by Gasteiger charge is -2.42. The predicted octanol–water partition coefficient (Wildman–Crippen LogP) is 2.62. The van der Waals surface area contributed by atoms with Gasteiger partial charge in [0.1, 0.15) is 0 Å². The Hall–Kier alpha value is -0.160. The zero-order chi connectivity index (χ0) is 14.4. The molecule has 2 aliphatic rings. The minimum Gasteiger partial charge on any atom is -0.378 e. The van der Waals surface area contributed by atoms with E-state index in [1.807, 2.05) is 0 Å². The predicted molar refractivity (Wildman–Crippen MR) is 81.3 cm³/mol. The van der Waals surface area contributed by atoms with Crippen LogP contribution in [0.4, 0.5) is 0 Å². The van der Waals surface area contributed by atoms with Crippen molar-refractivity contribution in [1.82, 2.24) is 5.43 Å². The lowest BCUT2D eigenvalue weighted by Crippen LogP contribution is -2.52. The van der Waals surface area contributed by atoms with Crippen molar-refractivity contribution in [2.75, 3.05) is 19.8 Å². The van der Waals surface area contributed by atoms with Crippen molar-refractivity contribution in [2.24, 2.45) is 17.7 Å². The third kappa shape index (κ3) is 3.73. The van der Waals surface area contributed by atoms with Gasteiger partial charge in [0.25, 0.3) is 0 Å². The minimum absolute atomic E-state index is 0.0129. The topological polar surface area (TPSA) is 56.5 Å². The van der Waals surface area contributed by atoms with E-state index in [1.165, 1.54) is 25.7 Å². The van der Waals surface area contributed by atoms with Crippen LogP contribution in [0.1, 0.15) is 58.8 Å². The van der Waals surface area contributed by atoms with Crippen molar-refractivity contribution in [1.29, 1.82) is 0 Å². The molecule has 2 aliphatic heterocycles. The summed E-state index contributed by atoms with van der Waals surface area (Å²) >= 11 is 0. The molecule has 3 atom stereocenters. The van der Waals surface area contributed by atoms with Crippen LogP contribution in [-0.4, -0.2) is 31.5 Å². The first kappa shape index (κ1) is 16.2. The molecule has 0 aromatic heterocycles. The molecular weight excluding hydrogens is 252 g/mol. The van der Waals surface area contributed by atoms with Crippen molar-refractivity contribution < 1.29 is 9.47 Å². The Morgan fingerprint density at radius 3 is 2.55 bits per heavy atom. The van der Waals surface area contributed by atoms with Crippen molar-refractivity contribution in [3.8, 4) is 0 Å². The summed E-state index contributed by atoms with van der Waals surface area (Å²) in [6.45, 7) is 7.02. The van der Waals surface area contributed by atoms with Crippen LogP contribution in [0, 0.1) is 11.8 Å². The highest BCUT2D eigenvalue weighted by Gasteiger charge is 2.43. The highest BCUT2D eigenvalue weighted by Crippen LogP contribution is 2.39. The fourth-order valence-electron chi connectivity index (χ4n) is 4.14. The van der Waals surface area contributed by atoms with Gasteiger partial charge in [0.15, 0.2) is 0 Å². The van der Waals surface area contributed by atoms with Crippen LogP contribution in [0.25, 0.3) is 0 Å². The second kappa shape index (κ2) is 7.74. The van der Waals surface area contributed by atoms with E-state index in [4.69, 9.17) is 15.3 Å². The molecule has 2 saturated heterocycles. The Kier molecular flexibility index (Phi) is 6.27. The average Bonchev–Trinajstić information content (AvgIpc) is 2.88. The van der Waals surface area contributed by atoms with Gasteiger partial charge in [-0.2, -0.15) is 0 Å². The summed E-state index contributed by atoms with van der Waals surface area (Å²) in [6.07, 6.45) is 8.28. The van der Waals surface area contributed by atoms with E-state index < -0.39 is 0 Å². The molecule has 20 heavy (non-hydrogen) atoms. The number of rotatable bonds is 7. The molecular formula is C16H32N2O2. The Labute approximate surface area is 123 Å². The number of nitrogens with two attached hydrogens (primary N) is 1. The molecule has 2 fully saturated rings. The molecule has 3 N–H and O–H groups in total. The second-order valence-electron chi connectivity index (χ2n) is 6.62. The second-order valence-corrected chi connectivity index (χ2v) is 6.62. The molecule has 2 rings (SSSR count). The number of hydrazine groups is 1. The first-order valence-electron chi connectivity index (χ1n) is 8.42. The molecule has 3 unspecified atom stereocenters. The van der Waals surface area contributed by atoms with Gasteiger partial charge in [-0.15, -0.1) is 0 Å². The molecule has 4 heteroatoms. The van der Waals surface area contributed by atoms with E-state index in [9.17, 15) is 0 Å². The largest absolute Gasteiger partial charge is 0.378 e. The van der Waals surface area contributed by atoms with Gasteiger partial charge in [-0.25, -0.2) is 0 Å². The molecule has 2 heterocycles. The van der Waals surface area contributed by atoms with E-state index in [0.717, 1.165) is 39.1 Å². The van der Waals surface area contributed by atoms with Gasteiger partial charge in [0.05, 0.1) is 12.2 Å².